The van der Waals surface area contributed by atoms with Gasteiger partial charge in [0.15, 0.2) is 0 Å². The van der Waals surface area contributed by atoms with Gasteiger partial charge in [-0.2, -0.15) is 13.2 Å². The van der Waals surface area contributed by atoms with Crippen molar-refractivity contribution in [1.82, 2.24) is 10.6 Å². The van der Waals surface area contributed by atoms with Crippen molar-refractivity contribution in [3.05, 3.63) is 0 Å². The second kappa shape index (κ2) is 4.43. The van der Waals surface area contributed by atoms with Crippen LogP contribution >= 0.6 is 0 Å². The lowest BCUT2D eigenvalue weighted by Gasteiger charge is -2.32. The second-order valence-electron chi connectivity index (χ2n) is 5.49. The van der Waals surface area contributed by atoms with Crippen LogP contribution in [0.25, 0.3) is 0 Å². The Kier molecular flexibility index (Phi) is 3.42. The van der Waals surface area contributed by atoms with E-state index in [4.69, 9.17) is 0 Å². The highest BCUT2D eigenvalue weighted by atomic mass is 19.4. The smallest absolute Gasteiger partial charge is 0.310 e. The zero-order chi connectivity index (χ0) is 12.6. The van der Waals surface area contributed by atoms with E-state index < -0.39 is 11.7 Å². The van der Waals surface area contributed by atoms with Gasteiger partial charge in [0.2, 0.25) is 0 Å². The van der Waals surface area contributed by atoms with Gasteiger partial charge in [-0.3, -0.25) is 0 Å². The zero-order valence-electron chi connectivity index (χ0n) is 10.3. The predicted octanol–water partition coefficient (Wildman–Crippen LogP) is 2.59. The van der Waals surface area contributed by atoms with Crippen molar-refractivity contribution in [2.75, 3.05) is 13.1 Å². The molecule has 0 aromatic rings. The maximum absolute atomic E-state index is 12.8. The summed E-state index contributed by atoms with van der Waals surface area (Å²) in [5, 5.41) is 6.18. The van der Waals surface area contributed by atoms with Crippen LogP contribution in [0.4, 0.5) is 13.2 Å². The van der Waals surface area contributed by atoms with Crippen molar-refractivity contribution in [1.29, 1.82) is 0 Å². The number of hydrogen-bond acceptors (Lipinski definition) is 2. The Morgan fingerprint density at radius 2 is 1.94 bits per heavy atom. The van der Waals surface area contributed by atoms with E-state index in [1.165, 1.54) is 0 Å². The van der Waals surface area contributed by atoms with Gasteiger partial charge in [-0.25, -0.2) is 0 Å². The highest BCUT2D eigenvalue weighted by molar-refractivity contribution is 5.10. The lowest BCUT2D eigenvalue weighted by molar-refractivity contribution is -0.166. The first kappa shape index (κ1) is 13.1. The molecule has 1 heterocycles. The van der Waals surface area contributed by atoms with Crippen LogP contribution in [0.15, 0.2) is 0 Å². The molecular weight excluding hydrogens is 229 g/mol. The lowest BCUT2D eigenvalue weighted by atomic mass is 9.91. The van der Waals surface area contributed by atoms with Gasteiger partial charge < -0.3 is 10.6 Å². The van der Waals surface area contributed by atoms with Crippen LogP contribution in [0.3, 0.4) is 0 Å². The minimum atomic E-state index is -4.10. The summed E-state index contributed by atoms with van der Waals surface area (Å²) < 4.78 is 38.4. The molecule has 2 fully saturated rings. The highest BCUT2D eigenvalue weighted by Crippen LogP contribution is 2.49. The summed E-state index contributed by atoms with van der Waals surface area (Å²) in [6.45, 7) is 3.46. The van der Waals surface area contributed by atoms with Gasteiger partial charge in [0, 0.05) is 12.1 Å². The summed E-state index contributed by atoms with van der Waals surface area (Å²) in [5.74, 6) is 0. The van der Waals surface area contributed by atoms with Crippen molar-refractivity contribution >= 4 is 0 Å². The Morgan fingerprint density at radius 3 is 2.35 bits per heavy atom. The molecule has 0 bridgehead atoms. The molecule has 1 atom stereocenters. The predicted molar refractivity (Wildman–Crippen MR) is 60.9 cm³/mol. The number of halogens is 3. The lowest BCUT2D eigenvalue weighted by Crippen LogP contribution is -2.55. The summed E-state index contributed by atoms with van der Waals surface area (Å²) in [6.07, 6.45) is 0.389. The SMILES string of the molecule is CCCC1(CNC2(C(F)(F)F)CC2)CCCN1. The van der Waals surface area contributed by atoms with Gasteiger partial charge in [0.05, 0.1) is 0 Å². The molecule has 0 spiro atoms. The maximum Gasteiger partial charge on any atom is 0.406 e. The van der Waals surface area contributed by atoms with Crippen molar-refractivity contribution in [2.24, 2.45) is 0 Å². The van der Waals surface area contributed by atoms with Gasteiger partial charge in [0.25, 0.3) is 0 Å². The average molecular weight is 250 g/mol. The third-order valence-corrected chi connectivity index (χ3v) is 4.12. The standard InChI is InChI=1S/C12H21F3N2/c1-2-4-10(5-3-8-16-10)9-17-11(6-7-11)12(13,14)15/h16-17H,2-9H2,1H3. The van der Waals surface area contributed by atoms with E-state index in [0.717, 1.165) is 32.2 Å². The molecule has 0 aromatic heterocycles. The molecule has 2 aliphatic rings. The topological polar surface area (TPSA) is 24.1 Å². The van der Waals surface area contributed by atoms with Crippen LogP contribution in [0.1, 0.15) is 45.4 Å². The van der Waals surface area contributed by atoms with Crippen molar-refractivity contribution in [3.8, 4) is 0 Å². The summed E-state index contributed by atoms with van der Waals surface area (Å²) in [7, 11) is 0. The largest absolute Gasteiger partial charge is 0.406 e. The molecule has 1 aliphatic carbocycles. The fraction of sp³-hybridized carbons (Fsp3) is 1.00. The third-order valence-electron chi connectivity index (χ3n) is 4.12. The summed E-state index contributed by atoms with van der Waals surface area (Å²) >= 11 is 0. The molecule has 0 amide bonds. The fourth-order valence-corrected chi connectivity index (χ4v) is 2.82. The first-order valence-electron chi connectivity index (χ1n) is 6.50. The van der Waals surface area contributed by atoms with Crippen LogP contribution in [0, 0.1) is 0 Å². The first-order valence-corrected chi connectivity index (χ1v) is 6.50. The molecule has 1 aliphatic heterocycles. The van der Waals surface area contributed by atoms with E-state index in [-0.39, 0.29) is 18.4 Å². The van der Waals surface area contributed by atoms with E-state index in [9.17, 15) is 13.2 Å². The Hall–Kier alpha value is -0.290. The van der Waals surface area contributed by atoms with Crippen LogP contribution in [-0.4, -0.2) is 30.3 Å². The Morgan fingerprint density at radius 1 is 1.24 bits per heavy atom. The van der Waals surface area contributed by atoms with E-state index in [1.807, 2.05) is 0 Å². The number of alkyl halides is 3. The molecule has 100 valence electrons. The molecule has 1 saturated heterocycles. The van der Waals surface area contributed by atoms with Gasteiger partial charge in [-0.05, 0) is 38.6 Å². The van der Waals surface area contributed by atoms with Crippen LogP contribution in [-0.2, 0) is 0 Å². The Labute approximate surface area is 100 Å². The van der Waals surface area contributed by atoms with Crippen LogP contribution < -0.4 is 10.6 Å². The first-order chi connectivity index (χ1) is 7.93. The third kappa shape index (κ3) is 2.60. The van der Waals surface area contributed by atoms with Crippen molar-refractivity contribution < 1.29 is 13.2 Å². The quantitative estimate of drug-likeness (QED) is 0.783. The molecule has 2 N–H and O–H groups in total. The van der Waals surface area contributed by atoms with Crippen LogP contribution in [0.2, 0.25) is 0 Å². The minimum absolute atomic E-state index is 0.102. The molecule has 0 aromatic carbocycles. The summed E-state index contributed by atoms with van der Waals surface area (Å²) in [6, 6.07) is 0. The average Bonchev–Trinajstić information content (AvgIpc) is 2.92. The molecule has 17 heavy (non-hydrogen) atoms. The van der Waals surface area contributed by atoms with Gasteiger partial charge in [0.1, 0.15) is 5.54 Å². The fourth-order valence-electron chi connectivity index (χ4n) is 2.82. The van der Waals surface area contributed by atoms with E-state index in [1.54, 1.807) is 0 Å². The molecule has 2 rings (SSSR count). The number of rotatable bonds is 5. The van der Waals surface area contributed by atoms with E-state index in [0.29, 0.717) is 6.54 Å². The van der Waals surface area contributed by atoms with Crippen LogP contribution in [0.5, 0.6) is 0 Å². The monoisotopic (exact) mass is 250 g/mol. The summed E-state index contributed by atoms with van der Waals surface area (Å²) in [5.41, 5.74) is -1.67. The zero-order valence-corrected chi connectivity index (χ0v) is 10.3. The van der Waals surface area contributed by atoms with E-state index >= 15 is 0 Å². The second-order valence-corrected chi connectivity index (χ2v) is 5.49. The molecular formula is C12H21F3N2. The number of hydrogen-bond donors (Lipinski definition) is 2. The Balaban J connectivity index is 1.92. The highest BCUT2D eigenvalue weighted by Gasteiger charge is 2.63. The molecule has 0 radical (unpaired) electrons. The van der Waals surface area contributed by atoms with Crippen molar-refractivity contribution in [2.45, 2.75) is 62.7 Å². The minimum Gasteiger partial charge on any atom is -0.310 e. The normalized spacial score (nSPS) is 31.8. The molecule has 1 saturated carbocycles. The molecule has 1 unspecified atom stereocenters. The molecule has 2 nitrogen and oxygen atoms in total. The van der Waals surface area contributed by atoms with E-state index in [2.05, 4.69) is 17.6 Å². The number of nitrogens with one attached hydrogen (secondary N) is 2. The van der Waals surface area contributed by atoms with Crippen molar-refractivity contribution in [3.63, 3.8) is 0 Å². The van der Waals surface area contributed by atoms with Gasteiger partial charge in [-0.15, -0.1) is 0 Å². The van der Waals surface area contributed by atoms with Gasteiger partial charge in [-0.1, -0.05) is 13.3 Å². The Bertz CT molecular complexity index is 265. The summed E-state index contributed by atoms with van der Waals surface area (Å²) in [4.78, 5) is 0. The maximum atomic E-state index is 12.8. The molecule has 5 heteroatoms. The van der Waals surface area contributed by atoms with Gasteiger partial charge >= 0.3 is 6.18 Å².